The summed E-state index contributed by atoms with van der Waals surface area (Å²) in [6, 6.07) is 0.688. The third kappa shape index (κ3) is 3.28. The normalized spacial score (nSPS) is 29.1. The molecule has 0 aromatic heterocycles. The summed E-state index contributed by atoms with van der Waals surface area (Å²) < 4.78 is 0. The van der Waals surface area contributed by atoms with E-state index in [1.54, 1.807) is 5.54 Å². The van der Waals surface area contributed by atoms with Crippen LogP contribution in [-0.2, 0) is 0 Å². The summed E-state index contributed by atoms with van der Waals surface area (Å²) in [5, 5.41) is 3.86. The molecule has 2 rings (SSSR count). The first-order valence-corrected chi connectivity index (χ1v) is 7.88. The summed E-state index contributed by atoms with van der Waals surface area (Å²) in [7, 11) is 0. The van der Waals surface area contributed by atoms with Crippen molar-refractivity contribution >= 4 is 11.6 Å². The molecule has 1 saturated carbocycles. The monoisotopic (exact) mass is 270 g/mol. The molecule has 1 aliphatic carbocycles. The molecule has 0 aromatic rings. The van der Waals surface area contributed by atoms with Gasteiger partial charge < -0.3 is 5.32 Å². The number of nitrogens with zero attached hydrogens (tertiary/aromatic N) is 1. The molecule has 2 nitrogen and oxygen atoms in total. The Kier molecular flexibility index (Phi) is 5.11. The Bertz CT molecular complexity index is 295. The summed E-state index contributed by atoms with van der Waals surface area (Å²) in [5.74, 6) is 0. The van der Waals surface area contributed by atoms with Gasteiger partial charge in [0.25, 0.3) is 0 Å². The van der Waals surface area contributed by atoms with E-state index in [1.165, 1.54) is 50.6 Å². The van der Waals surface area contributed by atoms with Gasteiger partial charge in [-0.1, -0.05) is 37.8 Å². The van der Waals surface area contributed by atoms with Crippen molar-refractivity contribution in [2.75, 3.05) is 19.6 Å². The smallest absolute Gasteiger partial charge is 0.0309 e. The van der Waals surface area contributed by atoms with E-state index in [2.05, 4.69) is 24.1 Å². The van der Waals surface area contributed by atoms with Gasteiger partial charge in [0.2, 0.25) is 0 Å². The molecule has 18 heavy (non-hydrogen) atoms. The van der Waals surface area contributed by atoms with Crippen LogP contribution < -0.4 is 5.32 Å². The number of hydrogen-bond donors (Lipinski definition) is 1. The minimum atomic E-state index is 0.414. The van der Waals surface area contributed by atoms with E-state index in [0.717, 1.165) is 13.1 Å². The van der Waals surface area contributed by atoms with Gasteiger partial charge in [0.15, 0.2) is 0 Å². The summed E-state index contributed by atoms with van der Waals surface area (Å²) in [6.45, 7) is 7.82. The molecule has 0 aromatic carbocycles. The van der Waals surface area contributed by atoms with E-state index in [-0.39, 0.29) is 0 Å². The molecule has 1 unspecified atom stereocenters. The number of nitrogens with one attached hydrogen (secondary N) is 1. The molecule has 1 spiro atoms. The largest absolute Gasteiger partial charge is 0.308 e. The minimum Gasteiger partial charge on any atom is -0.308 e. The lowest BCUT2D eigenvalue weighted by Gasteiger charge is -2.46. The minimum absolute atomic E-state index is 0.414. The number of rotatable bonds is 4. The predicted molar refractivity (Wildman–Crippen MR) is 79.1 cm³/mol. The van der Waals surface area contributed by atoms with Crippen molar-refractivity contribution in [3.8, 4) is 0 Å². The van der Waals surface area contributed by atoms with Crippen LogP contribution in [0.25, 0.3) is 0 Å². The average Bonchev–Trinajstić information content (AvgIpc) is 2.81. The zero-order chi connectivity index (χ0) is 13.0. The van der Waals surface area contributed by atoms with Crippen molar-refractivity contribution in [1.29, 1.82) is 0 Å². The van der Waals surface area contributed by atoms with Crippen molar-refractivity contribution in [3.63, 3.8) is 0 Å². The van der Waals surface area contributed by atoms with Gasteiger partial charge in [0.05, 0.1) is 0 Å². The Balaban J connectivity index is 2.02. The standard InChI is InChI=1S/C15H27ClN2/c1-3-6-14-10-17-15(7-4-5-8-15)12-18(14)11-13(2)9-16/h9,14,17H,3-8,10-12H2,1-2H3. The van der Waals surface area contributed by atoms with Crippen LogP contribution in [0.5, 0.6) is 0 Å². The molecule has 104 valence electrons. The summed E-state index contributed by atoms with van der Waals surface area (Å²) in [4.78, 5) is 2.67. The molecule has 1 atom stereocenters. The molecule has 0 radical (unpaired) electrons. The number of hydrogen-bond acceptors (Lipinski definition) is 2. The summed E-state index contributed by atoms with van der Waals surface area (Å²) >= 11 is 5.84. The highest BCUT2D eigenvalue weighted by Crippen LogP contribution is 2.34. The second-order valence-electron chi connectivity index (χ2n) is 6.17. The first-order chi connectivity index (χ1) is 8.69. The fraction of sp³-hybridized carbons (Fsp3) is 0.867. The van der Waals surface area contributed by atoms with Gasteiger partial charge in [0.1, 0.15) is 0 Å². The molecule has 1 saturated heterocycles. The van der Waals surface area contributed by atoms with Crippen LogP contribution >= 0.6 is 11.6 Å². The van der Waals surface area contributed by atoms with E-state index in [0.29, 0.717) is 11.6 Å². The SMILES string of the molecule is CCCC1CNC2(CCCC2)CN1CC(C)=CCl. The van der Waals surface area contributed by atoms with Crippen LogP contribution in [0.4, 0.5) is 0 Å². The Morgan fingerprint density at radius 1 is 1.44 bits per heavy atom. The lowest BCUT2D eigenvalue weighted by atomic mass is 9.91. The molecular weight excluding hydrogens is 244 g/mol. The second-order valence-corrected chi connectivity index (χ2v) is 6.39. The van der Waals surface area contributed by atoms with Gasteiger partial charge in [-0.25, -0.2) is 0 Å². The maximum absolute atomic E-state index is 5.84. The third-order valence-corrected chi connectivity index (χ3v) is 4.93. The summed E-state index contributed by atoms with van der Waals surface area (Å²) in [5.41, 5.74) is 3.44. The number of piperazine rings is 1. The van der Waals surface area contributed by atoms with Crippen LogP contribution in [0.2, 0.25) is 0 Å². The van der Waals surface area contributed by atoms with E-state index < -0.39 is 0 Å². The van der Waals surface area contributed by atoms with Crippen LogP contribution in [-0.4, -0.2) is 36.1 Å². The molecule has 3 heteroatoms. The zero-order valence-corrected chi connectivity index (χ0v) is 12.6. The number of halogens is 1. The zero-order valence-electron chi connectivity index (χ0n) is 11.8. The fourth-order valence-electron chi connectivity index (χ4n) is 3.58. The Labute approximate surface area is 117 Å². The highest BCUT2D eigenvalue weighted by Gasteiger charge is 2.40. The second kappa shape index (κ2) is 6.40. The van der Waals surface area contributed by atoms with Gasteiger partial charge in [-0.15, -0.1) is 0 Å². The Morgan fingerprint density at radius 3 is 2.78 bits per heavy atom. The first kappa shape index (κ1) is 14.4. The van der Waals surface area contributed by atoms with Crippen molar-refractivity contribution < 1.29 is 0 Å². The quantitative estimate of drug-likeness (QED) is 0.841. The lowest BCUT2D eigenvalue weighted by Crippen LogP contribution is -2.63. The molecule has 2 aliphatic rings. The molecule has 0 amide bonds. The van der Waals surface area contributed by atoms with E-state index >= 15 is 0 Å². The molecular formula is C15H27ClN2. The van der Waals surface area contributed by atoms with Crippen molar-refractivity contribution in [2.24, 2.45) is 0 Å². The van der Waals surface area contributed by atoms with Gasteiger partial charge in [-0.2, -0.15) is 0 Å². The fourth-order valence-corrected chi connectivity index (χ4v) is 3.65. The maximum Gasteiger partial charge on any atom is 0.0309 e. The van der Waals surface area contributed by atoms with Gasteiger partial charge in [-0.05, 0) is 31.8 Å². The predicted octanol–water partition coefficient (Wildman–Crippen LogP) is 3.52. The van der Waals surface area contributed by atoms with E-state index in [1.807, 2.05) is 0 Å². The van der Waals surface area contributed by atoms with Crippen LogP contribution in [0, 0.1) is 0 Å². The Hall–Kier alpha value is -0.0500. The van der Waals surface area contributed by atoms with Gasteiger partial charge >= 0.3 is 0 Å². The Morgan fingerprint density at radius 2 is 2.17 bits per heavy atom. The molecule has 2 fully saturated rings. The highest BCUT2D eigenvalue weighted by atomic mass is 35.5. The van der Waals surface area contributed by atoms with Gasteiger partial charge in [0, 0.05) is 36.8 Å². The average molecular weight is 271 g/mol. The first-order valence-electron chi connectivity index (χ1n) is 7.44. The van der Waals surface area contributed by atoms with Crippen molar-refractivity contribution in [3.05, 3.63) is 11.1 Å². The van der Waals surface area contributed by atoms with Crippen molar-refractivity contribution in [2.45, 2.75) is 64.0 Å². The topological polar surface area (TPSA) is 15.3 Å². The molecule has 1 N–H and O–H groups in total. The molecule has 0 bridgehead atoms. The summed E-state index contributed by atoms with van der Waals surface area (Å²) in [6.07, 6.45) is 8.04. The lowest BCUT2D eigenvalue weighted by molar-refractivity contribution is 0.0840. The maximum atomic E-state index is 5.84. The third-order valence-electron chi connectivity index (χ3n) is 4.56. The van der Waals surface area contributed by atoms with Crippen LogP contribution in [0.3, 0.4) is 0 Å². The molecule has 1 aliphatic heterocycles. The van der Waals surface area contributed by atoms with Gasteiger partial charge in [-0.3, -0.25) is 4.90 Å². The molecule has 1 heterocycles. The highest BCUT2D eigenvalue weighted by molar-refractivity contribution is 6.25. The van der Waals surface area contributed by atoms with E-state index in [4.69, 9.17) is 11.6 Å². The van der Waals surface area contributed by atoms with Crippen molar-refractivity contribution in [1.82, 2.24) is 10.2 Å². The van der Waals surface area contributed by atoms with Crippen LogP contribution in [0.15, 0.2) is 11.1 Å². The van der Waals surface area contributed by atoms with E-state index in [9.17, 15) is 0 Å². The van der Waals surface area contributed by atoms with Crippen LogP contribution in [0.1, 0.15) is 52.4 Å².